The van der Waals surface area contributed by atoms with Crippen molar-refractivity contribution in [2.45, 2.75) is 10.6 Å². The predicted octanol–water partition coefficient (Wildman–Crippen LogP) is 4.46. The molecule has 3 rings (SSSR count). The first kappa shape index (κ1) is 12.6. The Morgan fingerprint density at radius 2 is 2.11 bits per heavy atom. The highest BCUT2D eigenvalue weighted by Crippen LogP contribution is 2.27. The van der Waals surface area contributed by atoms with Crippen LogP contribution < -0.4 is 5.73 Å². The lowest BCUT2D eigenvalue weighted by atomic mass is 10.3. The Balaban J connectivity index is 1.78. The number of anilines is 1. The van der Waals surface area contributed by atoms with Gasteiger partial charge >= 0.3 is 0 Å². The molecule has 5 heteroatoms. The molecule has 0 bridgehead atoms. The van der Waals surface area contributed by atoms with Crippen molar-refractivity contribution in [3.8, 4) is 0 Å². The third kappa shape index (κ3) is 2.93. The fourth-order valence-electron chi connectivity index (χ4n) is 1.76. The zero-order valence-electron chi connectivity index (χ0n) is 9.97. The van der Waals surface area contributed by atoms with Gasteiger partial charge in [-0.1, -0.05) is 22.0 Å². The number of nitrogen functional groups attached to an aromatic ring is 1. The fraction of sp³-hybridized carbons (Fsp3) is 0.0714. The summed E-state index contributed by atoms with van der Waals surface area (Å²) in [5, 5.41) is 0. The van der Waals surface area contributed by atoms with E-state index in [1.807, 2.05) is 30.3 Å². The summed E-state index contributed by atoms with van der Waals surface area (Å²) in [6.07, 6.45) is 0. The Hall–Kier alpha value is -1.46. The van der Waals surface area contributed by atoms with Crippen LogP contribution in [0.5, 0.6) is 0 Å². The first-order valence-corrected chi connectivity index (χ1v) is 7.52. The number of hydrogen-bond donors (Lipinski definition) is 1. The van der Waals surface area contributed by atoms with Crippen molar-refractivity contribution in [3.05, 3.63) is 52.8 Å². The molecule has 0 saturated carbocycles. The van der Waals surface area contributed by atoms with Crippen molar-refractivity contribution in [1.29, 1.82) is 0 Å². The van der Waals surface area contributed by atoms with E-state index in [0.29, 0.717) is 17.3 Å². The van der Waals surface area contributed by atoms with Crippen LogP contribution in [0.25, 0.3) is 11.1 Å². The van der Waals surface area contributed by atoms with Crippen molar-refractivity contribution in [2.24, 2.45) is 0 Å². The van der Waals surface area contributed by atoms with E-state index in [9.17, 15) is 0 Å². The van der Waals surface area contributed by atoms with Gasteiger partial charge in [0.05, 0.1) is 5.75 Å². The smallest absolute Gasteiger partial charge is 0.205 e. The summed E-state index contributed by atoms with van der Waals surface area (Å²) in [4.78, 5) is 5.61. The molecule has 0 fully saturated rings. The molecule has 0 aliphatic carbocycles. The molecule has 0 unspecified atom stereocenters. The van der Waals surface area contributed by atoms with Gasteiger partial charge in [-0.05, 0) is 36.4 Å². The molecule has 96 valence electrons. The summed E-state index contributed by atoms with van der Waals surface area (Å²) in [6, 6.07) is 13.7. The van der Waals surface area contributed by atoms with Gasteiger partial charge in [-0.25, -0.2) is 4.98 Å². The van der Waals surface area contributed by atoms with Gasteiger partial charge in [-0.2, -0.15) is 0 Å². The molecular formula is C14H11BrN2OS. The average Bonchev–Trinajstić information content (AvgIpc) is 2.78. The number of halogens is 1. The van der Waals surface area contributed by atoms with Crippen molar-refractivity contribution in [2.75, 3.05) is 5.73 Å². The van der Waals surface area contributed by atoms with Crippen LogP contribution in [0.3, 0.4) is 0 Å². The van der Waals surface area contributed by atoms with Gasteiger partial charge < -0.3 is 10.2 Å². The molecule has 3 aromatic rings. The number of benzene rings is 2. The van der Waals surface area contributed by atoms with E-state index in [1.54, 1.807) is 11.8 Å². The van der Waals surface area contributed by atoms with Crippen LogP contribution in [0.15, 0.2) is 56.2 Å². The van der Waals surface area contributed by atoms with E-state index in [0.717, 1.165) is 15.6 Å². The minimum atomic E-state index is 0.699. The molecule has 1 aromatic heterocycles. The summed E-state index contributed by atoms with van der Waals surface area (Å²) in [5.74, 6) is 1.41. The fourth-order valence-corrected chi connectivity index (χ4v) is 3.11. The maximum Gasteiger partial charge on any atom is 0.205 e. The van der Waals surface area contributed by atoms with Gasteiger partial charge in [-0.15, -0.1) is 11.8 Å². The highest BCUT2D eigenvalue weighted by molar-refractivity contribution is 9.10. The molecule has 19 heavy (non-hydrogen) atoms. The molecule has 1 heterocycles. The summed E-state index contributed by atoms with van der Waals surface area (Å²) < 4.78 is 6.75. The quantitative estimate of drug-likeness (QED) is 0.567. The maximum atomic E-state index is 5.72. The molecular weight excluding hydrogens is 324 g/mol. The molecule has 0 radical (unpaired) electrons. The van der Waals surface area contributed by atoms with E-state index < -0.39 is 0 Å². The zero-order chi connectivity index (χ0) is 13.2. The van der Waals surface area contributed by atoms with Gasteiger partial charge in [0.15, 0.2) is 5.58 Å². The number of nitrogens with two attached hydrogens (primary N) is 1. The van der Waals surface area contributed by atoms with Gasteiger partial charge in [0.25, 0.3) is 0 Å². The van der Waals surface area contributed by atoms with Crippen LogP contribution in [0.4, 0.5) is 5.69 Å². The van der Waals surface area contributed by atoms with Crippen LogP contribution in [0, 0.1) is 0 Å². The van der Waals surface area contributed by atoms with E-state index in [-0.39, 0.29) is 0 Å². The second-order valence-electron chi connectivity index (χ2n) is 4.08. The van der Waals surface area contributed by atoms with Crippen molar-refractivity contribution in [1.82, 2.24) is 4.98 Å². The molecule has 2 aromatic carbocycles. The molecule has 0 aliphatic rings. The van der Waals surface area contributed by atoms with Gasteiger partial charge in [0.1, 0.15) is 5.52 Å². The second-order valence-corrected chi connectivity index (χ2v) is 6.05. The Morgan fingerprint density at radius 1 is 1.21 bits per heavy atom. The molecule has 0 atom stereocenters. The SMILES string of the molecule is Nc1ccc2oc(CSc3cccc(Br)c3)nc2c1. The number of rotatable bonds is 3. The highest BCUT2D eigenvalue weighted by Gasteiger charge is 2.06. The Kier molecular flexibility index (Phi) is 3.48. The van der Waals surface area contributed by atoms with Crippen LogP contribution >= 0.6 is 27.7 Å². The minimum Gasteiger partial charge on any atom is -0.440 e. The average molecular weight is 335 g/mol. The van der Waals surface area contributed by atoms with Crippen LogP contribution in [-0.2, 0) is 5.75 Å². The molecule has 0 amide bonds. The van der Waals surface area contributed by atoms with Gasteiger partial charge in [0.2, 0.25) is 5.89 Å². The molecule has 2 N–H and O–H groups in total. The number of hydrogen-bond acceptors (Lipinski definition) is 4. The van der Waals surface area contributed by atoms with Crippen molar-refractivity contribution < 1.29 is 4.42 Å². The lowest BCUT2D eigenvalue weighted by Crippen LogP contribution is -1.82. The second kappa shape index (κ2) is 5.27. The number of nitrogens with zero attached hydrogens (tertiary/aromatic N) is 1. The first-order valence-electron chi connectivity index (χ1n) is 5.74. The number of thioether (sulfide) groups is 1. The lowest BCUT2D eigenvalue weighted by molar-refractivity contribution is 0.556. The molecule has 0 saturated heterocycles. The monoisotopic (exact) mass is 334 g/mol. The topological polar surface area (TPSA) is 52.0 Å². The van der Waals surface area contributed by atoms with E-state index in [4.69, 9.17) is 10.2 Å². The third-order valence-electron chi connectivity index (χ3n) is 2.61. The molecule has 3 nitrogen and oxygen atoms in total. The Labute approximate surface area is 123 Å². The van der Waals surface area contributed by atoms with Crippen molar-refractivity contribution >= 4 is 44.5 Å². The number of oxazole rings is 1. The van der Waals surface area contributed by atoms with Crippen LogP contribution in [0.2, 0.25) is 0 Å². The van der Waals surface area contributed by atoms with Gasteiger partial charge in [0, 0.05) is 15.1 Å². The molecule has 0 spiro atoms. The third-order valence-corrected chi connectivity index (χ3v) is 4.09. The minimum absolute atomic E-state index is 0.699. The maximum absolute atomic E-state index is 5.72. The largest absolute Gasteiger partial charge is 0.440 e. The first-order chi connectivity index (χ1) is 9.20. The normalized spacial score (nSPS) is 11.0. The van der Waals surface area contributed by atoms with E-state index in [1.165, 1.54) is 4.90 Å². The predicted molar refractivity (Wildman–Crippen MR) is 82.1 cm³/mol. The Morgan fingerprint density at radius 3 is 2.95 bits per heavy atom. The standard InChI is InChI=1S/C14H11BrN2OS/c15-9-2-1-3-11(6-9)19-8-14-17-12-7-10(16)4-5-13(12)18-14/h1-7H,8,16H2. The Bertz CT molecular complexity index is 726. The highest BCUT2D eigenvalue weighted by atomic mass is 79.9. The van der Waals surface area contributed by atoms with Crippen molar-refractivity contribution in [3.63, 3.8) is 0 Å². The summed E-state index contributed by atoms with van der Waals surface area (Å²) in [7, 11) is 0. The summed E-state index contributed by atoms with van der Waals surface area (Å²) >= 11 is 5.15. The number of aromatic nitrogens is 1. The van der Waals surface area contributed by atoms with E-state index >= 15 is 0 Å². The zero-order valence-corrected chi connectivity index (χ0v) is 12.4. The van der Waals surface area contributed by atoms with E-state index in [2.05, 4.69) is 33.0 Å². The summed E-state index contributed by atoms with van der Waals surface area (Å²) in [6.45, 7) is 0. The number of fused-ring (bicyclic) bond motifs is 1. The van der Waals surface area contributed by atoms with Gasteiger partial charge in [-0.3, -0.25) is 0 Å². The molecule has 0 aliphatic heterocycles. The van der Waals surface area contributed by atoms with Crippen LogP contribution in [-0.4, -0.2) is 4.98 Å². The van der Waals surface area contributed by atoms with Crippen LogP contribution in [0.1, 0.15) is 5.89 Å². The summed E-state index contributed by atoms with van der Waals surface area (Å²) in [5.41, 5.74) is 8.01. The lowest BCUT2D eigenvalue weighted by Gasteiger charge is -1.98.